The Morgan fingerprint density at radius 2 is 2.10 bits per heavy atom. The van der Waals surface area contributed by atoms with Gasteiger partial charge in [0.15, 0.2) is 0 Å². The summed E-state index contributed by atoms with van der Waals surface area (Å²) in [6.45, 7) is 1.98. The summed E-state index contributed by atoms with van der Waals surface area (Å²) in [5, 5.41) is 11.3. The first kappa shape index (κ1) is 15.5. The van der Waals surface area contributed by atoms with Gasteiger partial charge in [-0.1, -0.05) is 36.2 Å². The van der Waals surface area contributed by atoms with Crippen LogP contribution in [0.2, 0.25) is 10.2 Å². The number of halogens is 2. The zero-order valence-electron chi connectivity index (χ0n) is 11.0. The Hall–Kier alpha value is -1.92. The van der Waals surface area contributed by atoms with Crippen molar-refractivity contribution < 1.29 is 9.66 Å². The van der Waals surface area contributed by atoms with Crippen LogP contribution in [0.1, 0.15) is 19.2 Å². The van der Waals surface area contributed by atoms with Gasteiger partial charge in [0.1, 0.15) is 11.0 Å². The van der Waals surface area contributed by atoms with Crippen LogP contribution in [0.25, 0.3) is 0 Å². The molecule has 0 N–H and O–H groups in total. The Labute approximate surface area is 130 Å². The maximum atomic E-state index is 11.0. The molecule has 0 aliphatic carbocycles. The third-order valence-corrected chi connectivity index (χ3v) is 3.03. The van der Waals surface area contributed by atoms with Gasteiger partial charge >= 0.3 is 5.69 Å². The standard InChI is InChI=1S/C13H11Cl2N3O3/c1-2-4-11-16-10(15)7-12(17-11)21-13-8(14)5-3-6-9(13)18(19)20/h3,5-7H,2,4H2,1H3. The van der Waals surface area contributed by atoms with E-state index >= 15 is 0 Å². The maximum absolute atomic E-state index is 11.0. The van der Waals surface area contributed by atoms with Crippen LogP contribution in [0.4, 0.5) is 5.69 Å². The fourth-order valence-electron chi connectivity index (χ4n) is 1.68. The molecule has 8 heteroatoms. The van der Waals surface area contributed by atoms with Crippen LogP contribution >= 0.6 is 23.2 Å². The Balaban J connectivity index is 2.40. The number of nitro benzene ring substituents is 1. The summed E-state index contributed by atoms with van der Waals surface area (Å²) in [7, 11) is 0. The molecule has 2 aromatic rings. The third kappa shape index (κ3) is 3.80. The highest BCUT2D eigenvalue weighted by Crippen LogP contribution is 2.37. The third-order valence-electron chi connectivity index (χ3n) is 2.54. The van der Waals surface area contributed by atoms with Crippen LogP contribution in [0.3, 0.4) is 0 Å². The molecule has 0 fully saturated rings. The molecule has 110 valence electrons. The Morgan fingerprint density at radius 3 is 2.76 bits per heavy atom. The van der Waals surface area contributed by atoms with Gasteiger partial charge in [0, 0.05) is 18.6 Å². The number of hydrogen-bond donors (Lipinski definition) is 0. The molecule has 0 aliphatic heterocycles. The monoisotopic (exact) mass is 327 g/mol. The summed E-state index contributed by atoms with van der Waals surface area (Å²) in [4.78, 5) is 18.6. The van der Waals surface area contributed by atoms with E-state index in [4.69, 9.17) is 27.9 Å². The topological polar surface area (TPSA) is 78.2 Å². The number of benzene rings is 1. The summed E-state index contributed by atoms with van der Waals surface area (Å²) < 4.78 is 5.46. The normalized spacial score (nSPS) is 10.4. The largest absolute Gasteiger partial charge is 0.430 e. The number of para-hydroxylation sites is 1. The van der Waals surface area contributed by atoms with Crippen molar-refractivity contribution in [2.75, 3.05) is 0 Å². The molecule has 0 bridgehead atoms. The molecule has 0 radical (unpaired) electrons. The molecule has 21 heavy (non-hydrogen) atoms. The second kappa shape index (κ2) is 6.69. The Bertz CT molecular complexity index is 680. The van der Waals surface area contributed by atoms with E-state index in [0.717, 1.165) is 6.42 Å². The Kier molecular flexibility index (Phi) is 4.93. The van der Waals surface area contributed by atoms with Gasteiger partial charge in [-0.05, 0) is 12.5 Å². The van der Waals surface area contributed by atoms with E-state index in [1.165, 1.54) is 24.3 Å². The number of aryl methyl sites for hydroxylation is 1. The molecule has 0 amide bonds. The van der Waals surface area contributed by atoms with Crippen molar-refractivity contribution in [2.24, 2.45) is 0 Å². The van der Waals surface area contributed by atoms with E-state index in [1.807, 2.05) is 6.92 Å². The second-order valence-electron chi connectivity index (χ2n) is 4.14. The van der Waals surface area contributed by atoms with E-state index in [2.05, 4.69) is 9.97 Å². The lowest BCUT2D eigenvalue weighted by Gasteiger charge is -2.08. The average Bonchev–Trinajstić information content (AvgIpc) is 2.40. The molecule has 0 saturated carbocycles. The van der Waals surface area contributed by atoms with E-state index in [9.17, 15) is 10.1 Å². The molecule has 6 nitrogen and oxygen atoms in total. The molecule has 1 aromatic carbocycles. The lowest BCUT2D eigenvalue weighted by atomic mass is 10.3. The summed E-state index contributed by atoms with van der Waals surface area (Å²) in [5.41, 5.74) is -0.241. The van der Waals surface area contributed by atoms with Crippen LogP contribution in [-0.2, 0) is 6.42 Å². The number of rotatable bonds is 5. The fourth-order valence-corrected chi connectivity index (χ4v) is 2.08. The quantitative estimate of drug-likeness (QED) is 0.461. The van der Waals surface area contributed by atoms with Gasteiger partial charge in [0.2, 0.25) is 11.6 Å². The summed E-state index contributed by atoms with van der Waals surface area (Å²) in [5.74, 6) is 0.561. The SMILES string of the molecule is CCCc1nc(Cl)cc(Oc2c(Cl)cccc2[N+](=O)[O-])n1. The van der Waals surface area contributed by atoms with Gasteiger partial charge in [-0.3, -0.25) is 10.1 Å². The van der Waals surface area contributed by atoms with Gasteiger partial charge in [-0.2, -0.15) is 4.98 Å². The number of aromatic nitrogens is 2. The van der Waals surface area contributed by atoms with Crippen LogP contribution in [0, 0.1) is 10.1 Å². The molecule has 0 spiro atoms. The number of nitro groups is 1. The Morgan fingerprint density at radius 1 is 1.33 bits per heavy atom. The van der Waals surface area contributed by atoms with Crippen molar-refractivity contribution >= 4 is 28.9 Å². The van der Waals surface area contributed by atoms with E-state index < -0.39 is 4.92 Å². The summed E-state index contributed by atoms with van der Waals surface area (Å²) >= 11 is 11.9. The van der Waals surface area contributed by atoms with E-state index in [1.54, 1.807) is 0 Å². The van der Waals surface area contributed by atoms with Crippen molar-refractivity contribution in [1.82, 2.24) is 9.97 Å². The van der Waals surface area contributed by atoms with Crippen LogP contribution < -0.4 is 4.74 Å². The minimum absolute atomic E-state index is 0.0682. The summed E-state index contributed by atoms with van der Waals surface area (Å²) in [6, 6.07) is 5.66. The molecule has 0 atom stereocenters. The van der Waals surface area contributed by atoms with Gasteiger partial charge in [0.25, 0.3) is 0 Å². The first-order valence-electron chi connectivity index (χ1n) is 6.15. The van der Waals surface area contributed by atoms with E-state index in [0.29, 0.717) is 12.2 Å². The van der Waals surface area contributed by atoms with Crippen molar-refractivity contribution in [3.8, 4) is 11.6 Å². The smallest absolute Gasteiger partial charge is 0.313 e. The van der Waals surface area contributed by atoms with Crippen LogP contribution in [0.5, 0.6) is 11.6 Å². The molecular weight excluding hydrogens is 317 g/mol. The molecule has 2 rings (SSSR count). The lowest BCUT2D eigenvalue weighted by Crippen LogP contribution is -1.99. The minimum atomic E-state index is -0.572. The number of ether oxygens (including phenoxy) is 1. The highest BCUT2D eigenvalue weighted by atomic mass is 35.5. The van der Waals surface area contributed by atoms with E-state index in [-0.39, 0.29) is 27.5 Å². The predicted molar refractivity (Wildman–Crippen MR) is 79.2 cm³/mol. The van der Waals surface area contributed by atoms with Crippen molar-refractivity contribution in [3.05, 3.63) is 50.4 Å². The molecule has 0 aliphatic rings. The highest BCUT2D eigenvalue weighted by molar-refractivity contribution is 6.32. The van der Waals surface area contributed by atoms with Gasteiger partial charge < -0.3 is 4.74 Å². The number of nitrogens with zero attached hydrogens (tertiary/aromatic N) is 3. The first-order valence-corrected chi connectivity index (χ1v) is 6.91. The number of hydrogen-bond acceptors (Lipinski definition) is 5. The molecular formula is C13H11Cl2N3O3. The molecule has 0 saturated heterocycles. The maximum Gasteiger partial charge on any atom is 0.313 e. The average molecular weight is 328 g/mol. The molecule has 1 aromatic heterocycles. The lowest BCUT2D eigenvalue weighted by molar-refractivity contribution is -0.385. The molecule has 1 heterocycles. The zero-order chi connectivity index (χ0) is 15.4. The van der Waals surface area contributed by atoms with Crippen LogP contribution in [-0.4, -0.2) is 14.9 Å². The predicted octanol–water partition coefficient (Wildman–Crippen LogP) is 4.44. The zero-order valence-corrected chi connectivity index (χ0v) is 12.6. The first-order chi connectivity index (χ1) is 10.0. The van der Waals surface area contributed by atoms with Crippen molar-refractivity contribution in [1.29, 1.82) is 0 Å². The fraction of sp³-hybridized carbons (Fsp3) is 0.231. The van der Waals surface area contributed by atoms with Gasteiger partial charge in [-0.25, -0.2) is 4.98 Å². The van der Waals surface area contributed by atoms with Gasteiger partial charge in [-0.15, -0.1) is 0 Å². The highest BCUT2D eigenvalue weighted by Gasteiger charge is 2.20. The second-order valence-corrected chi connectivity index (χ2v) is 4.94. The molecule has 0 unspecified atom stereocenters. The minimum Gasteiger partial charge on any atom is -0.430 e. The summed E-state index contributed by atoms with van der Waals surface area (Å²) in [6.07, 6.45) is 1.47. The van der Waals surface area contributed by atoms with Gasteiger partial charge in [0.05, 0.1) is 9.95 Å². The van der Waals surface area contributed by atoms with Crippen LogP contribution in [0.15, 0.2) is 24.3 Å². The van der Waals surface area contributed by atoms with Crippen molar-refractivity contribution in [3.63, 3.8) is 0 Å². The van der Waals surface area contributed by atoms with Crippen molar-refractivity contribution in [2.45, 2.75) is 19.8 Å².